The van der Waals surface area contributed by atoms with Crippen LogP contribution >= 0.6 is 0 Å². The highest BCUT2D eigenvalue weighted by Gasteiger charge is 2.39. The zero-order valence-corrected chi connectivity index (χ0v) is 14.1. The molecule has 122 valence electrons. The fraction of sp³-hybridized carbons (Fsp3) is 0.600. The molecule has 2 nitrogen and oxygen atoms in total. The molecular weight excluding hydrogens is 268 g/mol. The lowest BCUT2D eigenvalue weighted by Crippen LogP contribution is -2.57. The minimum atomic E-state index is -0.324. The number of likely N-dealkylation sites (tertiary alicyclic amines) is 1. The second kappa shape index (κ2) is 8.50. The van der Waals surface area contributed by atoms with Crippen LogP contribution in [0.2, 0.25) is 0 Å². The summed E-state index contributed by atoms with van der Waals surface area (Å²) in [6.45, 7) is 8.63. The van der Waals surface area contributed by atoms with E-state index in [9.17, 15) is 0 Å². The summed E-state index contributed by atoms with van der Waals surface area (Å²) >= 11 is 0. The van der Waals surface area contributed by atoms with Gasteiger partial charge in [0, 0.05) is 6.04 Å². The molecule has 0 radical (unpaired) electrons. The molecule has 1 fully saturated rings. The average molecular weight is 300 g/mol. The van der Waals surface area contributed by atoms with Crippen LogP contribution in [0.1, 0.15) is 57.4 Å². The molecule has 0 bridgehead atoms. The molecule has 1 aromatic rings. The molecule has 1 aromatic carbocycles. The van der Waals surface area contributed by atoms with Crippen LogP contribution in [-0.2, 0) is 5.54 Å². The molecule has 0 spiro atoms. The van der Waals surface area contributed by atoms with E-state index in [1.165, 1.54) is 57.2 Å². The molecule has 22 heavy (non-hydrogen) atoms. The van der Waals surface area contributed by atoms with Crippen LogP contribution in [0.4, 0.5) is 0 Å². The van der Waals surface area contributed by atoms with Crippen LogP contribution in [0.5, 0.6) is 0 Å². The van der Waals surface area contributed by atoms with Crippen LogP contribution in [0.15, 0.2) is 43.0 Å². The van der Waals surface area contributed by atoms with E-state index >= 15 is 0 Å². The third-order valence-corrected chi connectivity index (χ3v) is 5.05. The number of hydrogen-bond donors (Lipinski definition) is 1. The average Bonchev–Trinajstić information content (AvgIpc) is 2.57. The summed E-state index contributed by atoms with van der Waals surface area (Å²) in [4.78, 5) is 2.65. The van der Waals surface area contributed by atoms with Crippen molar-refractivity contribution in [1.29, 1.82) is 0 Å². The van der Waals surface area contributed by atoms with Gasteiger partial charge in [0.05, 0.1) is 5.54 Å². The second-order valence-corrected chi connectivity index (χ2v) is 6.65. The molecule has 2 unspecified atom stereocenters. The van der Waals surface area contributed by atoms with E-state index < -0.39 is 0 Å². The van der Waals surface area contributed by atoms with Gasteiger partial charge in [-0.1, -0.05) is 62.6 Å². The van der Waals surface area contributed by atoms with Crippen LogP contribution in [0.25, 0.3) is 0 Å². The molecule has 2 heteroatoms. The summed E-state index contributed by atoms with van der Waals surface area (Å²) in [6.07, 6.45) is 10.4. The van der Waals surface area contributed by atoms with E-state index in [1.807, 2.05) is 6.08 Å². The number of rotatable bonds is 8. The van der Waals surface area contributed by atoms with E-state index in [4.69, 9.17) is 5.73 Å². The zero-order chi connectivity index (χ0) is 15.8. The van der Waals surface area contributed by atoms with Crippen molar-refractivity contribution >= 4 is 0 Å². The van der Waals surface area contributed by atoms with E-state index in [0.717, 1.165) is 6.42 Å². The van der Waals surface area contributed by atoms with Gasteiger partial charge in [-0.05, 0) is 44.3 Å². The highest BCUT2D eigenvalue weighted by Crippen LogP contribution is 2.34. The summed E-state index contributed by atoms with van der Waals surface area (Å²) in [5, 5.41) is 0. The Bertz CT molecular complexity index is 436. The number of nitrogens with zero attached hydrogens (tertiary/aromatic N) is 1. The van der Waals surface area contributed by atoms with Gasteiger partial charge in [-0.3, -0.25) is 4.90 Å². The van der Waals surface area contributed by atoms with Gasteiger partial charge in [0.1, 0.15) is 0 Å². The first-order chi connectivity index (χ1) is 10.7. The topological polar surface area (TPSA) is 29.3 Å². The van der Waals surface area contributed by atoms with Gasteiger partial charge in [0.25, 0.3) is 0 Å². The molecule has 0 aromatic heterocycles. The predicted molar refractivity (Wildman–Crippen MR) is 95.9 cm³/mol. The van der Waals surface area contributed by atoms with Gasteiger partial charge in [0.15, 0.2) is 0 Å². The molecule has 0 amide bonds. The monoisotopic (exact) mass is 300 g/mol. The fourth-order valence-corrected chi connectivity index (χ4v) is 3.83. The maximum Gasteiger partial charge on any atom is 0.0602 e. The standard InChI is InChI=1S/C20H32N2/c1-3-5-14-19(22-16-10-7-11-17-22)20(21,15-4-2)18-12-8-6-9-13-18/h4,6,8-9,12-13,19H,2-3,5,7,10-11,14-17,21H2,1H3. The maximum atomic E-state index is 7.03. The highest BCUT2D eigenvalue weighted by molar-refractivity contribution is 5.27. The Balaban J connectivity index is 2.31. The van der Waals surface area contributed by atoms with Gasteiger partial charge in [0.2, 0.25) is 0 Å². The number of nitrogens with two attached hydrogens (primary N) is 1. The van der Waals surface area contributed by atoms with Crippen LogP contribution in [-0.4, -0.2) is 24.0 Å². The van der Waals surface area contributed by atoms with Crippen molar-refractivity contribution < 1.29 is 0 Å². The summed E-state index contributed by atoms with van der Waals surface area (Å²) in [5.74, 6) is 0. The Morgan fingerprint density at radius 1 is 1.23 bits per heavy atom. The minimum Gasteiger partial charge on any atom is -0.320 e. The quantitative estimate of drug-likeness (QED) is 0.718. The van der Waals surface area contributed by atoms with Crippen molar-refractivity contribution in [3.63, 3.8) is 0 Å². The Morgan fingerprint density at radius 2 is 1.91 bits per heavy atom. The number of hydrogen-bond acceptors (Lipinski definition) is 2. The Hall–Kier alpha value is -1.12. The lowest BCUT2D eigenvalue weighted by atomic mass is 9.77. The zero-order valence-electron chi connectivity index (χ0n) is 14.1. The summed E-state index contributed by atoms with van der Waals surface area (Å²) in [6, 6.07) is 11.1. The predicted octanol–water partition coefficient (Wildman–Crippen LogP) is 4.46. The molecule has 1 aliphatic heterocycles. The first kappa shape index (κ1) is 17.2. The van der Waals surface area contributed by atoms with Crippen molar-refractivity contribution in [1.82, 2.24) is 4.90 Å². The minimum absolute atomic E-state index is 0.324. The van der Waals surface area contributed by atoms with Crippen molar-refractivity contribution in [2.75, 3.05) is 13.1 Å². The van der Waals surface area contributed by atoms with Crippen LogP contribution < -0.4 is 5.73 Å². The smallest absolute Gasteiger partial charge is 0.0602 e. The Kier molecular flexibility index (Phi) is 6.66. The molecule has 1 aliphatic rings. The highest BCUT2D eigenvalue weighted by atomic mass is 15.2. The molecule has 0 saturated carbocycles. The van der Waals surface area contributed by atoms with E-state index in [2.05, 4.69) is 48.7 Å². The maximum absolute atomic E-state index is 7.03. The molecule has 1 heterocycles. The Labute approximate surface area is 136 Å². The van der Waals surface area contributed by atoms with Gasteiger partial charge in [-0.25, -0.2) is 0 Å². The first-order valence-electron chi connectivity index (χ1n) is 8.91. The lowest BCUT2D eigenvalue weighted by Gasteiger charge is -2.46. The molecule has 2 rings (SSSR count). The lowest BCUT2D eigenvalue weighted by molar-refractivity contribution is 0.0879. The molecule has 2 N–H and O–H groups in total. The molecule has 2 atom stereocenters. The van der Waals surface area contributed by atoms with Gasteiger partial charge in [-0.15, -0.1) is 6.58 Å². The summed E-state index contributed by atoms with van der Waals surface area (Å²) in [7, 11) is 0. The molecule has 1 saturated heterocycles. The third kappa shape index (κ3) is 3.99. The van der Waals surface area contributed by atoms with E-state index in [0.29, 0.717) is 6.04 Å². The second-order valence-electron chi connectivity index (χ2n) is 6.65. The van der Waals surface area contributed by atoms with E-state index in [1.54, 1.807) is 0 Å². The van der Waals surface area contributed by atoms with Crippen molar-refractivity contribution in [3.05, 3.63) is 48.6 Å². The first-order valence-corrected chi connectivity index (χ1v) is 8.91. The van der Waals surface area contributed by atoms with E-state index in [-0.39, 0.29) is 5.54 Å². The van der Waals surface area contributed by atoms with Gasteiger partial charge < -0.3 is 5.73 Å². The van der Waals surface area contributed by atoms with Crippen molar-refractivity contribution in [2.24, 2.45) is 5.73 Å². The summed E-state index contributed by atoms with van der Waals surface area (Å²) in [5.41, 5.74) is 7.96. The largest absolute Gasteiger partial charge is 0.320 e. The number of piperidine rings is 1. The van der Waals surface area contributed by atoms with Crippen molar-refractivity contribution in [2.45, 2.75) is 63.5 Å². The number of benzene rings is 1. The SMILES string of the molecule is C=CCC(N)(c1ccccc1)C(CCCC)N1CCCCC1. The Morgan fingerprint density at radius 3 is 2.50 bits per heavy atom. The van der Waals surface area contributed by atoms with Crippen LogP contribution in [0.3, 0.4) is 0 Å². The number of unbranched alkanes of at least 4 members (excludes halogenated alkanes) is 1. The normalized spacial score (nSPS) is 20.3. The third-order valence-electron chi connectivity index (χ3n) is 5.05. The molecular formula is C20H32N2. The van der Waals surface area contributed by atoms with Gasteiger partial charge in [-0.2, -0.15) is 0 Å². The fourth-order valence-electron chi connectivity index (χ4n) is 3.83. The van der Waals surface area contributed by atoms with Crippen LogP contribution in [0, 0.1) is 0 Å². The van der Waals surface area contributed by atoms with Gasteiger partial charge >= 0.3 is 0 Å². The summed E-state index contributed by atoms with van der Waals surface area (Å²) < 4.78 is 0. The van der Waals surface area contributed by atoms with Crippen molar-refractivity contribution in [3.8, 4) is 0 Å². The molecule has 0 aliphatic carbocycles.